The van der Waals surface area contributed by atoms with E-state index in [9.17, 15) is 9.59 Å². The summed E-state index contributed by atoms with van der Waals surface area (Å²) >= 11 is 6.09. The van der Waals surface area contributed by atoms with E-state index in [0.29, 0.717) is 29.4 Å². The van der Waals surface area contributed by atoms with E-state index >= 15 is 0 Å². The second-order valence-corrected chi connectivity index (χ2v) is 6.33. The quantitative estimate of drug-likeness (QED) is 0.853. The van der Waals surface area contributed by atoms with Gasteiger partial charge in [-0.3, -0.25) is 14.6 Å². The molecule has 130 valence electrons. The summed E-state index contributed by atoms with van der Waals surface area (Å²) in [5, 5.41) is 3.49. The summed E-state index contributed by atoms with van der Waals surface area (Å²) in [5.41, 5.74) is 2.87. The zero-order chi connectivity index (χ0) is 17.8. The molecule has 6 nitrogen and oxygen atoms in total. The van der Waals surface area contributed by atoms with Gasteiger partial charge in [0.1, 0.15) is 0 Å². The molecule has 1 N–H and O–H groups in total. The third kappa shape index (κ3) is 3.91. The number of halogens is 1. The van der Waals surface area contributed by atoms with Gasteiger partial charge in [-0.15, -0.1) is 0 Å². The first-order valence-corrected chi connectivity index (χ1v) is 8.42. The summed E-state index contributed by atoms with van der Waals surface area (Å²) in [6.45, 7) is 4.64. The predicted octanol–water partition coefficient (Wildman–Crippen LogP) is 2.57. The van der Waals surface area contributed by atoms with Gasteiger partial charge in [0.15, 0.2) is 0 Å². The lowest BCUT2D eigenvalue weighted by atomic mass is 10.1. The molecule has 2 aromatic rings. The summed E-state index contributed by atoms with van der Waals surface area (Å²) in [7, 11) is 0. The van der Waals surface area contributed by atoms with Gasteiger partial charge in [0, 0.05) is 43.1 Å². The van der Waals surface area contributed by atoms with Crippen molar-refractivity contribution in [2.75, 3.05) is 36.4 Å². The van der Waals surface area contributed by atoms with Crippen molar-refractivity contribution in [2.45, 2.75) is 6.92 Å². The Bertz CT molecular complexity index is 788. The van der Waals surface area contributed by atoms with Crippen molar-refractivity contribution in [3.8, 4) is 0 Å². The Morgan fingerprint density at radius 2 is 2.00 bits per heavy atom. The van der Waals surface area contributed by atoms with Crippen LogP contribution in [0.5, 0.6) is 0 Å². The van der Waals surface area contributed by atoms with Crippen LogP contribution in [0.25, 0.3) is 0 Å². The Labute approximate surface area is 151 Å². The molecule has 1 aromatic heterocycles. The van der Waals surface area contributed by atoms with Crippen LogP contribution in [0.3, 0.4) is 0 Å². The third-order valence-corrected chi connectivity index (χ3v) is 4.74. The van der Waals surface area contributed by atoms with Gasteiger partial charge < -0.3 is 15.1 Å². The second-order valence-electron chi connectivity index (χ2n) is 5.93. The summed E-state index contributed by atoms with van der Waals surface area (Å²) < 4.78 is 0. The lowest BCUT2D eigenvalue weighted by molar-refractivity contribution is -0.118. The fourth-order valence-electron chi connectivity index (χ4n) is 2.75. The van der Waals surface area contributed by atoms with E-state index in [4.69, 9.17) is 11.6 Å². The Kier molecular flexibility index (Phi) is 5.19. The van der Waals surface area contributed by atoms with E-state index < -0.39 is 0 Å². The van der Waals surface area contributed by atoms with Crippen molar-refractivity contribution in [3.63, 3.8) is 0 Å². The lowest BCUT2D eigenvalue weighted by Crippen LogP contribution is -2.45. The molecule has 0 radical (unpaired) electrons. The van der Waals surface area contributed by atoms with Crippen LogP contribution in [0.4, 0.5) is 11.4 Å². The van der Waals surface area contributed by atoms with Crippen molar-refractivity contribution < 1.29 is 9.59 Å². The van der Waals surface area contributed by atoms with Crippen LogP contribution in [-0.2, 0) is 4.79 Å². The van der Waals surface area contributed by atoms with Crippen molar-refractivity contribution in [1.82, 2.24) is 9.88 Å². The molecule has 0 bridgehead atoms. The molecular formula is C18H19ClN4O2. The number of carbonyl (C=O) groups is 2. The number of hydrogen-bond donors (Lipinski definition) is 1. The molecule has 2 heterocycles. The second kappa shape index (κ2) is 7.53. The number of aromatic nitrogens is 1. The number of nitrogens with zero attached hydrogens (tertiary/aromatic N) is 3. The summed E-state index contributed by atoms with van der Waals surface area (Å²) in [4.78, 5) is 31.4. The van der Waals surface area contributed by atoms with Crippen LogP contribution in [0.15, 0.2) is 36.7 Å². The van der Waals surface area contributed by atoms with E-state index in [1.165, 1.54) is 0 Å². The van der Waals surface area contributed by atoms with Crippen molar-refractivity contribution in [1.29, 1.82) is 0 Å². The number of benzene rings is 1. The number of hydrogen-bond acceptors (Lipinski definition) is 4. The first-order valence-electron chi connectivity index (χ1n) is 8.04. The molecule has 1 fully saturated rings. The van der Waals surface area contributed by atoms with E-state index in [-0.39, 0.29) is 5.91 Å². The number of carbonyl (C=O) groups excluding carboxylic acids is 2. The summed E-state index contributed by atoms with van der Waals surface area (Å²) in [6, 6.07) is 7.22. The Morgan fingerprint density at radius 3 is 2.72 bits per heavy atom. The van der Waals surface area contributed by atoms with Gasteiger partial charge in [-0.25, -0.2) is 0 Å². The number of nitrogens with one attached hydrogen (secondary N) is 1. The molecule has 1 aromatic carbocycles. The van der Waals surface area contributed by atoms with Gasteiger partial charge in [0.25, 0.3) is 5.91 Å². The molecule has 0 saturated carbocycles. The zero-order valence-electron chi connectivity index (χ0n) is 13.9. The normalized spacial score (nSPS) is 14.3. The highest BCUT2D eigenvalue weighted by atomic mass is 35.5. The predicted molar refractivity (Wildman–Crippen MR) is 98.2 cm³/mol. The Morgan fingerprint density at radius 1 is 1.24 bits per heavy atom. The molecule has 0 atom stereocenters. The van der Waals surface area contributed by atoms with Gasteiger partial charge in [-0.2, -0.15) is 0 Å². The van der Waals surface area contributed by atoms with Gasteiger partial charge >= 0.3 is 0 Å². The van der Waals surface area contributed by atoms with Crippen LogP contribution in [0, 0.1) is 6.92 Å². The van der Waals surface area contributed by atoms with Crippen LogP contribution < -0.4 is 10.2 Å². The number of rotatable bonds is 4. The van der Waals surface area contributed by atoms with Gasteiger partial charge in [-0.05, 0) is 30.7 Å². The first kappa shape index (κ1) is 17.2. The van der Waals surface area contributed by atoms with Gasteiger partial charge in [0.2, 0.25) is 6.41 Å². The monoisotopic (exact) mass is 358 g/mol. The van der Waals surface area contributed by atoms with Gasteiger partial charge in [0.05, 0.1) is 17.4 Å². The maximum absolute atomic E-state index is 12.5. The van der Waals surface area contributed by atoms with Crippen molar-refractivity contribution in [2.24, 2.45) is 0 Å². The number of anilines is 2. The minimum Gasteiger partial charge on any atom is -0.367 e. The van der Waals surface area contributed by atoms with Crippen LogP contribution >= 0.6 is 11.6 Å². The minimum absolute atomic E-state index is 0.230. The highest BCUT2D eigenvalue weighted by Crippen LogP contribution is 2.24. The molecule has 0 aliphatic carbocycles. The Balaban J connectivity index is 1.74. The molecule has 1 saturated heterocycles. The van der Waals surface area contributed by atoms with Crippen LogP contribution in [0.1, 0.15) is 15.9 Å². The molecular weight excluding hydrogens is 340 g/mol. The summed E-state index contributed by atoms with van der Waals surface area (Å²) in [5.74, 6) is -0.230. The van der Waals surface area contributed by atoms with Crippen LogP contribution in [-0.4, -0.2) is 48.4 Å². The topological polar surface area (TPSA) is 65.5 Å². The van der Waals surface area contributed by atoms with Crippen LogP contribution in [0.2, 0.25) is 5.02 Å². The molecule has 0 unspecified atom stereocenters. The fourth-order valence-corrected chi connectivity index (χ4v) is 2.92. The standard InChI is InChI=1S/C18H19ClN4O2/c1-13-16(19)3-2-4-17(13)21-18(25)14-9-15(11-20-10-14)23-7-5-22(12-24)6-8-23/h2-4,9-12H,5-8H2,1H3,(H,21,25). The summed E-state index contributed by atoms with van der Waals surface area (Å²) in [6.07, 6.45) is 4.14. The van der Waals surface area contributed by atoms with Crippen molar-refractivity contribution >= 4 is 35.3 Å². The highest BCUT2D eigenvalue weighted by molar-refractivity contribution is 6.31. The lowest BCUT2D eigenvalue weighted by Gasteiger charge is -2.34. The molecule has 25 heavy (non-hydrogen) atoms. The largest absolute Gasteiger partial charge is 0.367 e. The average Bonchev–Trinajstić information content (AvgIpc) is 2.65. The number of piperazine rings is 1. The Hall–Kier alpha value is -2.60. The van der Waals surface area contributed by atoms with E-state index in [1.807, 2.05) is 19.1 Å². The SMILES string of the molecule is Cc1c(Cl)cccc1NC(=O)c1cncc(N2CCN(C=O)CC2)c1. The van der Waals surface area contributed by atoms with Gasteiger partial charge in [-0.1, -0.05) is 17.7 Å². The molecule has 3 rings (SSSR count). The van der Waals surface area contributed by atoms with E-state index in [0.717, 1.165) is 30.8 Å². The molecule has 1 aliphatic heterocycles. The minimum atomic E-state index is -0.230. The zero-order valence-corrected chi connectivity index (χ0v) is 14.7. The number of pyridine rings is 1. The first-order chi connectivity index (χ1) is 12.1. The molecule has 0 spiro atoms. The molecule has 1 aliphatic rings. The highest BCUT2D eigenvalue weighted by Gasteiger charge is 2.17. The fraction of sp³-hybridized carbons (Fsp3) is 0.278. The van der Waals surface area contributed by atoms with E-state index in [1.54, 1.807) is 29.4 Å². The smallest absolute Gasteiger partial charge is 0.257 e. The molecule has 7 heteroatoms. The maximum atomic E-state index is 12.5. The van der Waals surface area contributed by atoms with Crippen molar-refractivity contribution in [3.05, 3.63) is 52.8 Å². The average molecular weight is 359 g/mol. The van der Waals surface area contributed by atoms with E-state index in [2.05, 4.69) is 15.2 Å². The third-order valence-electron chi connectivity index (χ3n) is 4.33. The molecule has 2 amide bonds. The maximum Gasteiger partial charge on any atom is 0.257 e. The number of amides is 2.